The fraction of sp³-hybridized carbons (Fsp3) is 0.429. The van der Waals surface area contributed by atoms with Gasteiger partial charge in [0, 0.05) is 13.0 Å². The lowest BCUT2D eigenvalue weighted by Crippen LogP contribution is -2.25. The zero-order valence-corrected chi connectivity index (χ0v) is 7.16. The fourth-order valence-electron chi connectivity index (χ4n) is 0.701. The summed E-state index contributed by atoms with van der Waals surface area (Å²) in [6.45, 7) is 2.25. The van der Waals surface area contributed by atoms with Crippen molar-refractivity contribution in [2.45, 2.75) is 13.3 Å². The molecule has 0 saturated heterocycles. The second-order valence-corrected chi connectivity index (χ2v) is 2.17. The van der Waals surface area contributed by atoms with Gasteiger partial charge in [0.05, 0.1) is 0 Å². The number of aromatic nitrogens is 4. The molecule has 2 N–H and O–H groups in total. The zero-order valence-electron chi connectivity index (χ0n) is 7.16. The number of hydrogen-bond donors (Lipinski definition) is 2. The minimum absolute atomic E-state index is 0.0458. The van der Waals surface area contributed by atoms with Gasteiger partial charge in [-0.15, -0.1) is 22.0 Å². The molecular formula is C7H9N5O. The largest absolute Gasteiger partial charge is 0.348 e. The summed E-state index contributed by atoms with van der Waals surface area (Å²) in [5.74, 6) is 5.25. The number of carbonyl (C=O) groups excluding carboxylic acids is 1. The minimum atomic E-state index is -0.341. The van der Waals surface area contributed by atoms with Gasteiger partial charge >= 0.3 is 0 Å². The molecule has 0 radical (unpaired) electrons. The van der Waals surface area contributed by atoms with Crippen molar-refractivity contribution in [2.24, 2.45) is 0 Å². The summed E-state index contributed by atoms with van der Waals surface area (Å²) < 4.78 is 0. The lowest BCUT2D eigenvalue weighted by atomic mass is 10.4. The van der Waals surface area contributed by atoms with E-state index >= 15 is 0 Å². The van der Waals surface area contributed by atoms with Crippen LogP contribution >= 0.6 is 0 Å². The van der Waals surface area contributed by atoms with Gasteiger partial charge in [0.2, 0.25) is 0 Å². The van der Waals surface area contributed by atoms with E-state index in [-0.39, 0.29) is 11.7 Å². The molecule has 1 heterocycles. The highest BCUT2D eigenvalue weighted by atomic mass is 16.2. The van der Waals surface area contributed by atoms with Crippen molar-refractivity contribution in [1.29, 1.82) is 0 Å². The molecule has 0 aromatic carbocycles. The molecule has 1 amide bonds. The topological polar surface area (TPSA) is 83.6 Å². The minimum Gasteiger partial charge on any atom is -0.348 e. The molecular weight excluding hydrogens is 170 g/mol. The molecule has 0 saturated carbocycles. The van der Waals surface area contributed by atoms with Crippen LogP contribution in [-0.4, -0.2) is 33.1 Å². The molecule has 0 spiro atoms. The Hall–Kier alpha value is -1.90. The molecule has 0 aliphatic heterocycles. The Labute approximate surface area is 75.1 Å². The molecule has 6 heteroatoms. The van der Waals surface area contributed by atoms with E-state index in [2.05, 4.69) is 37.8 Å². The first-order valence-corrected chi connectivity index (χ1v) is 3.76. The molecule has 0 bridgehead atoms. The normalized spacial score (nSPS) is 8.69. The monoisotopic (exact) mass is 179 g/mol. The van der Waals surface area contributed by atoms with E-state index in [1.807, 2.05) is 0 Å². The molecule has 0 unspecified atom stereocenters. The van der Waals surface area contributed by atoms with Crippen LogP contribution in [0.2, 0.25) is 0 Å². The van der Waals surface area contributed by atoms with Gasteiger partial charge in [-0.25, -0.2) is 0 Å². The maximum Gasteiger partial charge on any atom is 0.292 e. The van der Waals surface area contributed by atoms with Crippen LogP contribution in [0.5, 0.6) is 0 Å². The van der Waals surface area contributed by atoms with E-state index in [4.69, 9.17) is 0 Å². The third-order valence-corrected chi connectivity index (χ3v) is 1.26. The first-order valence-electron chi connectivity index (χ1n) is 3.76. The van der Waals surface area contributed by atoms with Crippen LogP contribution in [-0.2, 0) is 0 Å². The Balaban J connectivity index is 2.29. The van der Waals surface area contributed by atoms with Gasteiger partial charge in [0.1, 0.15) is 0 Å². The fourth-order valence-corrected chi connectivity index (χ4v) is 0.701. The van der Waals surface area contributed by atoms with Crippen LogP contribution in [0.1, 0.15) is 24.0 Å². The van der Waals surface area contributed by atoms with E-state index in [1.54, 1.807) is 6.92 Å². The van der Waals surface area contributed by atoms with Crippen LogP contribution in [0.25, 0.3) is 0 Å². The summed E-state index contributed by atoms with van der Waals surface area (Å²) in [7, 11) is 0. The second-order valence-electron chi connectivity index (χ2n) is 2.17. The first-order chi connectivity index (χ1) is 6.34. The molecule has 1 aromatic heterocycles. The van der Waals surface area contributed by atoms with Crippen LogP contribution in [0.15, 0.2) is 0 Å². The molecule has 0 aliphatic rings. The third kappa shape index (κ3) is 2.91. The van der Waals surface area contributed by atoms with Crippen molar-refractivity contribution >= 4 is 5.91 Å². The molecule has 1 aromatic rings. The Bertz CT molecular complexity index is 320. The zero-order chi connectivity index (χ0) is 9.52. The molecule has 0 atom stereocenters. The molecule has 1 rings (SSSR count). The smallest absolute Gasteiger partial charge is 0.292 e. The summed E-state index contributed by atoms with van der Waals surface area (Å²) in [6.07, 6.45) is 0.625. The maximum atomic E-state index is 11.1. The highest BCUT2D eigenvalue weighted by Crippen LogP contribution is 1.82. The third-order valence-electron chi connectivity index (χ3n) is 1.26. The summed E-state index contributed by atoms with van der Waals surface area (Å²) in [4.78, 5) is 11.1. The van der Waals surface area contributed by atoms with E-state index in [9.17, 15) is 4.79 Å². The standard InChI is InChI=1S/C7H9N5O/c1-2-3-4-5-8-7(13)6-9-11-12-10-6/h4-5H2,1H3,(H,8,13)(H,9,10,11,12). The van der Waals surface area contributed by atoms with Gasteiger partial charge in [-0.05, 0) is 12.1 Å². The Kier molecular flexibility index (Phi) is 3.45. The quantitative estimate of drug-likeness (QED) is 0.476. The van der Waals surface area contributed by atoms with Gasteiger partial charge in [0.25, 0.3) is 11.7 Å². The predicted molar refractivity (Wildman–Crippen MR) is 44.6 cm³/mol. The van der Waals surface area contributed by atoms with E-state index in [0.717, 1.165) is 0 Å². The lowest BCUT2D eigenvalue weighted by molar-refractivity contribution is 0.0944. The average molecular weight is 179 g/mol. The number of amides is 1. The number of carbonyl (C=O) groups is 1. The molecule has 68 valence electrons. The van der Waals surface area contributed by atoms with Crippen LogP contribution in [0.3, 0.4) is 0 Å². The molecule has 13 heavy (non-hydrogen) atoms. The Morgan fingerprint density at radius 1 is 1.69 bits per heavy atom. The summed E-state index contributed by atoms with van der Waals surface area (Å²) in [5.41, 5.74) is 0. The number of H-pyrrole nitrogens is 1. The van der Waals surface area contributed by atoms with Gasteiger partial charge < -0.3 is 5.32 Å². The maximum absolute atomic E-state index is 11.1. The predicted octanol–water partition coefficient (Wildman–Crippen LogP) is -0.657. The van der Waals surface area contributed by atoms with Crippen LogP contribution < -0.4 is 5.32 Å². The number of tetrazole rings is 1. The number of nitrogens with zero attached hydrogens (tertiary/aromatic N) is 3. The first kappa shape index (κ1) is 9.19. The number of rotatable bonds is 3. The van der Waals surface area contributed by atoms with Crippen LogP contribution in [0, 0.1) is 11.8 Å². The van der Waals surface area contributed by atoms with E-state index in [1.165, 1.54) is 0 Å². The van der Waals surface area contributed by atoms with Crippen molar-refractivity contribution in [3.63, 3.8) is 0 Å². The van der Waals surface area contributed by atoms with E-state index < -0.39 is 0 Å². The van der Waals surface area contributed by atoms with Crippen molar-refractivity contribution in [3.05, 3.63) is 5.82 Å². The molecule has 0 fully saturated rings. The lowest BCUT2D eigenvalue weighted by Gasteiger charge is -1.96. The Morgan fingerprint density at radius 3 is 3.15 bits per heavy atom. The van der Waals surface area contributed by atoms with Crippen molar-refractivity contribution in [3.8, 4) is 11.8 Å². The number of aromatic amines is 1. The molecule has 6 nitrogen and oxygen atoms in total. The van der Waals surface area contributed by atoms with Crippen LogP contribution in [0.4, 0.5) is 0 Å². The Morgan fingerprint density at radius 2 is 2.54 bits per heavy atom. The SMILES string of the molecule is CC#CCCNC(=O)c1nn[nH]n1. The summed E-state index contributed by atoms with van der Waals surface area (Å²) >= 11 is 0. The highest BCUT2D eigenvalue weighted by molar-refractivity contribution is 5.89. The summed E-state index contributed by atoms with van der Waals surface area (Å²) in [6, 6.07) is 0. The number of nitrogens with one attached hydrogen (secondary N) is 2. The number of hydrogen-bond acceptors (Lipinski definition) is 4. The summed E-state index contributed by atoms with van der Waals surface area (Å²) in [5, 5.41) is 15.1. The van der Waals surface area contributed by atoms with E-state index in [0.29, 0.717) is 13.0 Å². The van der Waals surface area contributed by atoms with Crippen molar-refractivity contribution in [1.82, 2.24) is 25.9 Å². The van der Waals surface area contributed by atoms with Crippen molar-refractivity contribution in [2.75, 3.05) is 6.54 Å². The molecule has 0 aliphatic carbocycles. The second kappa shape index (κ2) is 4.87. The van der Waals surface area contributed by atoms with Crippen molar-refractivity contribution < 1.29 is 4.79 Å². The van der Waals surface area contributed by atoms with Gasteiger partial charge in [-0.3, -0.25) is 4.79 Å². The average Bonchev–Trinajstić information content (AvgIpc) is 2.65. The van der Waals surface area contributed by atoms with Gasteiger partial charge in [0.15, 0.2) is 0 Å². The van der Waals surface area contributed by atoms with Gasteiger partial charge in [-0.1, -0.05) is 0 Å². The highest BCUT2D eigenvalue weighted by Gasteiger charge is 2.08. The van der Waals surface area contributed by atoms with Gasteiger partial charge in [-0.2, -0.15) is 5.21 Å².